The molecule has 160 valence electrons. The number of nitrogens with zero attached hydrogens (tertiary/aromatic N) is 5. The van der Waals surface area contributed by atoms with E-state index in [1.54, 1.807) is 35.9 Å². The number of aromatic nitrogens is 2. The fourth-order valence-corrected chi connectivity index (χ4v) is 4.86. The standard InChI is InChI=1S/C22H28FN5O2/c1-25(2)22(30)28-13-16-12-27(20(29)8-7-18-9-10-24-26(18)3)14-19(16)21(28)15-5-4-6-17(23)11-15/h4-6,9-11,16,19,21H,7-8,12-14H2,1-3H3/t16-,19-,21+/m1/s1. The van der Waals surface area contributed by atoms with Gasteiger partial charge in [0.05, 0.1) is 6.04 Å². The van der Waals surface area contributed by atoms with Crippen molar-refractivity contribution in [1.82, 2.24) is 24.5 Å². The SMILES string of the molecule is CN(C)C(=O)N1C[C@H]2CN(C(=O)CCc3ccnn3C)C[C@H]2[C@@H]1c1cccc(F)c1. The van der Waals surface area contributed by atoms with Crippen LogP contribution in [0.15, 0.2) is 36.5 Å². The van der Waals surface area contributed by atoms with Crippen LogP contribution in [0.3, 0.4) is 0 Å². The van der Waals surface area contributed by atoms with E-state index < -0.39 is 0 Å². The molecule has 0 saturated carbocycles. The number of carbonyl (C=O) groups is 2. The van der Waals surface area contributed by atoms with E-state index in [2.05, 4.69) is 5.10 Å². The van der Waals surface area contributed by atoms with Gasteiger partial charge in [0, 0.05) is 70.9 Å². The number of likely N-dealkylation sites (tertiary alicyclic amines) is 2. The molecule has 0 spiro atoms. The van der Waals surface area contributed by atoms with E-state index in [9.17, 15) is 14.0 Å². The van der Waals surface area contributed by atoms with Crippen molar-refractivity contribution in [1.29, 1.82) is 0 Å². The van der Waals surface area contributed by atoms with E-state index in [1.807, 2.05) is 29.0 Å². The Hall–Kier alpha value is -2.90. The Balaban J connectivity index is 1.50. The van der Waals surface area contributed by atoms with Crippen molar-refractivity contribution in [2.24, 2.45) is 18.9 Å². The van der Waals surface area contributed by atoms with Gasteiger partial charge in [-0.25, -0.2) is 9.18 Å². The van der Waals surface area contributed by atoms with Gasteiger partial charge < -0.3 is 14.7 Å². The molecule has 2 aliphatic heterocycles. The van der Waals surface area contributed by atoms with Gasteiger partial charge in [0.25, 0.3) is 0 Å². The topological polar surface area (TPSA) is 61.7 Å². The number of carbonyl (C=O) groups excluding carboxylic acids is 2. The molecule has 3 heterocycles. The summed E-state index contributed by atoms with van der Waals surface area (Å²) in [5.41, 5.74) is 1.82. The molecule has 8 heteroatoms. The van der Waals surface area contributed by atoms with Crippen LogP contribution >= 0.6 is 0 Å². The van der Waals surface area contributed by atoms with Crippen LogP contribution < -0.4 is 0 Å². The highest BCUT2D eigenvalue weighted by atomic mass is 19.1. The molecule has 0 aliphatic carbocycles. The fourth-order valence-electron chi connectivity index (χ4n) is 4.86. The summed E-state index contributed by atoms with van der Waals surface area (Å²) in [6, 6.07) is 8.10. The minimum Gasteiger partial charge on any atom is -0.342 e. The van der Waals surface area contributed by atoms with Crippen molar-refractivity contribution in [3.05, 3.63) is 53.6 Å². The summed E-state index contributed by atoms with van der Waals surface area (Å²) in [7, 11) is 5.33. The summed E-state index contributed by atoms with van der Waals surface area (Å²) in [4.78, 5) is 31.0. The molecule has 3 atom stereocenters. The monoisotopic (exact) mass is 413 g/mol. The summed E-state index contributed by atoms with van der Waals surface area (Å²) >= 11 is 0. The third kappa shape index (κ3) is 3.78. The first-order valence-electron chi connectivity index (χ1n) is 10.3. The maximum absolute atomic E-state index is 13.9. The lowest BCUT2D eigenvalue weighted by Gasteiger charge is -2.32. The molecule has 0 bridgehead atoms. The third-order valence-corrected chi connectivity index (χ3v) is 6.35. The second kappa shape index (κ2) is 8.08. The summed E-state index contributed by atoms with van der Waals surface area (Å²) in [6.45, 7) is 1.81. The van der Waals surface area contributed by atoms with E-state index in [1.165, 1.54) is 12.1 Å². The first-order valence-corrected chi connectivity index (χ1v) is 10.3. The maximum atomic E-state index is 13.9. The predicted octanol–water partition coefficient (Wildman–Crippen LogP) is 2.30. The average molecular weight is 413 g/mol. The molecule has 4 rings (SSSR count). The Morgan fingerprint density at radius 1 is 1.20 bits per heavy atom. The molecule has 3 amide bonds. The minimum atomic E-state index is -0.310. The Kier molecular flexibility index (Phi) is 5.49. The highest BCUT2D eigenvalue weighted by Crippen LogP contribution is 2.45. The summed E-state index contributed by atoms with van der Waals surface area (Å²) in [5, 5.41) is 4.15. The van der Waals surface area contributed by atoms with Crippen LogP contribution in [0.4, 0.5) is 9.18 Å². The molecule has 0 N–H and O–H groups in total. The second-order valence-corrected chi connectivity index (χ2v) is 8.50. The normalized spacial score (nSPS) is 23.0. The molecular weight excluding hydrogens is 385 g/mol. The highest BCUT2D eigenvalue weighted by molar-refractivity contribution is 5.77. The molecular formula is C22H28FN5O2. The molecule has 1 aromatic heterocycles. The van der Waals surface area contributed by atoms with Crippen molar-refractivity contribution >= 4 is 11.9 Å². The predicted molar refractivity (Wildman–Crippen MR) is 110 cm³/mol. The number of urea groups is 1. The Morgan fingerprint density at radius 3 is 2.67 bits per heavy atom. The van der Waals surface area contributed by atoms with Gasteiger partial charge in [-0.3, -0.25) is 9.48 Å². The van der Waals surface area contributed by atoms with Crippen LogP contribution in [0.2, 0.25) is 0 Å². The first kappa shape index (κ1) is 20.4. The third-order valence-electron chi connectivity index (χ3n) is 6.35. The molecule has 0 radical (unpaired) electrons. The van der Waals surface area contributed by atoms with Gasteiger partial charge in [0.15, 0.2) is 0 Å². The zero-order chi connectivity index (χ0) is 21.4. The minimum absolute atomic E-state index is 0.0762. The van der Waals surface area contributed by atoms with E-state index >= 15 is 0 Å². The Labute approximate surface area is 176 Å². The van der Waals surface area contributed by atoms with Crippen molar-refractivity contribution < 1.29 is 14.0 Å². The van der Waals surface area contributed by atoms with E-state index in [0.717, 1.165) is 11.3 Å². The molecule has 0 unspecified atom stereocenters. The number of aryl methyl sites for hydroxylation is 2. The number of amides is 3. The van der Waals surface area contributed by atoms with E-state index in [0.29, 0.717) is 32.5 Å². The zero-order valence-electron chi connectivity index (χ0n) is 17.7. The van der Waals surface area contributed by atoms with Gasteiger partial charge in [-0.15, -0.1) is 0 Å². The Morgan fingerprint density at radius 2 is 2.00 bits per heavy atom. The second-order valence-electron chi connectivity index (χ2n) is 8.50. The number of halogens is 1. The number of hydrogen-bond acceptors (Lipinski definition) is 3. The lowest BCUT2D eigenvalue weighted by molar-refractivity contribution is -0.130. The van der Waals surface area contributed by atoms with Crippen molar-refractivity contribution in [2.75, 3.05) is 33.7 Å². The molecule has 30 heavy (non-hydrogen) atoms. The fraction of sp³-hybridized carbons (Fsp3) is 0.500. The number of rotatable bonds is 4. The maximum Gasteiger partial charge on any atom is 0.320 e. The number of benzene rings is 1. The van der Waals surface area contributed by atoms with Gasteiger partial charge in [-0.1, -0.05) is 12.1 Å². The van der Waals surface area contributed by atoms with Crippen LogP contribution in [0, 0.1) is 17.7 Å². The molecule has 2 fully saturated rings. The van der Waals surface area contributed by atoms with Crippen molar-refractivity contribution in [3.8, 4) is 0 Å². The molecule has 1 aromatic carbocycles. The van der Waals surface area contributed by atoms with Crippen LogP contribution in [0.1, 0.15) is 23.7 Å². The lowest BCUT2D eigenvalue weighted by atomic mass is 9.89. The molecule has 2 aromatic rings. The largest absolute Gasteiger partial charge is 0.342 e. The molecule has 2 saturated heterocycles. The average Bonchev–Trinajstić information content (AvgIpc) is 3.39. The van der Waals surface area contributed by atoms with Gasteiger partial charge >= 0.3 is 6.03 Å². The number of fused-ring (bicyclic) bond motifs is 1. The van der Waals surface area contributed by atoms with Crippen molar-refractivity contribution in [2.45, 2.75) is 18.9 Å². The van der Waals surface area contributed by atoms with E-state index in [-0.39, 0.29) is 35.6 Å². The summed E-state index contributed by atoms with van der Waals surface area (Å²) in [6.07, 6.45) is 2.82. The van der Waals surface area contributed by atoms with Crippen LogP contribution in [0.25, 0.3) is 0 Å². The highest BCUT2D eigenvalue weighted by Gasteiger charge is 2.50. The summed E-state index contributed by atoms with van der Waals surface area (Å²) in [5.74, 6) is 0.114. The van der Waals surface area contributed by atoms with Gasteiger partial charge in [0.2, 0.25) is 5.91 Å². The van der Waals surface area contributed by atoms with Gasteiger partial charge in [-0.2, -0.15) is 5.10 Å². The zero-order valence-corrected chi connectivity index (χ0v) is 17.7. The first-order chi connectivity index (χ1) is 14.3. The van der Waals surface area contributed by atoms with Crippen molar-refractivity contribution in [3.63, 3.8) is 0 Å². The van der Waals surface area contributed by atoms with Crippen LogP contribution in [-0.4, -0.2) is 70.1 Å². The number of hydrogen-bond donors (Lipinski definition) is 0. The van der Waals surface area contributed by atoms with E-state index in [4.69, 9.17) is 0 Å². The quantitative estimate of drug-likeness (QED) is 0.773. The van der Waals surface area contributed by atoms with Crippen LogP contribution in [0.5, 0.6) is 0 Å². The Bertz CT molecular complexity index is 943. The molecule has 7 nitrogen and oxygen atoms in total. The summed E-state index contributed by atoms with van der Waals surface area (Å²) < 4.78 is 15.7. The van der Waals surface area contributed by atoms with Crippen LogP contribution in [-0.2, 0) is 18.3 Å². The van der Waals surface area contributed by atoms with Gasteiger partial charge in [0.1, 0.15) is 5.82 Å². The lowest BCUT2D eigenvalue weighted by Crippen LogP contribution is -2.42. The molecule has 2 aliphatic rings. The smallest absolute Gasteiger partial charge is 0.320 e. The van der Waals surface area contributed by atoms with Gasteiger partial charge in [-0.05, 0) is 30.2 Å².